The van der Waals surface area contributed by atoms with Crippen LogP contribution in [-0.2, 0) is 4.79 Å². The Hall–Kier alpha value is -1.44. The maximum absolute atomic E-state index is 12.0. The standard InChI is InChI=1S/C14H24N4O3/c1-11(2)12-9-14(21-16-12)15-13(20)10-18-5-3-17(4-6-18)7-8-19/h9,11,19H,3-8,10H2,1-2H3,(H,15,20). The van der Waals surface area contributed by atoms with E-state index < -0.39 is 0 Å². The topological polar surface area (TPSA) is 81.8 Å². The summed E-state index contributed by atoms with van der Waals surface area (Å²) in [4.78, 5) is 16.3. The van der Waals surface area contributed by atoms with E-state index in [4.69, 9.17) is 9.63 Å². The van der Waals surface area contributed by atoms with Crippen LogP contribution in [-0.4, -0.2) is 71.8 Å². The van der Waals surface area contributed by atoms with Crippen LogP contribution in [0.2, 0.25) is 0 Å². The average molecular weight is 296 g/mol. The van der Waals surface area contributed by atoms with Crippen LogP contribution in [0.5, 0.6) is 0 Å². The van der Waals surface area contributed by atoms with Crippen molar-refractivity contribution in [3.05, 3.63) is 11.8 Å². The zero-order valence-corrected chi connectivity index (χ0v) is 12.7. The van der Waals surface area contributed by atoms with E-state index in [1.807, 2.05) is 13.8 Å². The summed E-state index contributed by atoms with van der Waals surface area (Å²) in [6.07, 6.45) is 0. The van der Waals surface area contributed by atoms with Crippen molar-refractivity contribution < 1.29 is 14.4 Å². The Labute approximate surface area is 124 Å². The molecule has 0 radical (unpaired) electrons. The van der Waals surface area contributed by atoms with Gasteiger partial charge < -0.3 is 9.63 Å². The quantitative estimate of drug-likeness (QED) is 0.788. The van der Waals surface area contributed by atoms with E-state index in [2.05, 4.69) is 20.3 Å². The van der Waals surface area contributed by atoms with E-state index in [0.717, 1.165) is 31.9 Å². The fourth-order valence-electron chi connectivity index (χ4n) is 2.31. The molecule has 0 aromatic carbocycles. The van der Waals surface area contributed by atoms with Crippen LogP contribution in [0, 0.1) is 0 Å². The molecule has 1 saturated heterocycles. The summed E-state index contributed by atoms with van der Waals surface area (Å²) >= 11 is 0. The Morgan fingerprint density at radius 1 is 1.38 bits per heavy atom. The highest BCUT2D eigenvalue weighted by atomic mass is 16.5. The van der Waals surface area contributed by atoms with Gasteiger partial charge in [0.2, 0.25) is 11.8 Å². The van der Waals surface area contributed by atoms with Crippen molar-refractivity contribution in [3.8, 4) is 0 Å². The van der Waals surface area contributed by atoms with E-state index >= 15 is 0 Å². The molecule has 2 N–H and O–H groups in total. The highest BCUT2D eigenvalue weighted by Gasteiger charge is 2.19. The number of aromatic nitrogens is 1. The van der Waals surface area contributed by atoms with E-state index in [1.54, 1.807) is 6.07 Å². The molecule has 0 unspecified atom stereocenters. The first-order chi connectivity index (χ1) is 10.1. The number of nitrogens with zero attached hydrogens (tertiary/aromatic N) is 3. The first kappa shape index (κ1) is 15.9. The minimum Gasteiger partial charge on any atom is -0.395 e. The molecule has 1 aromatic rings. The normalized spacial score (nSPS) is 17.3. The smallest absolute Gasteiger partial charge is 0.240 e. The largest absolute Gasteiger partial charge is 0.395 e. The number of aliphatic hydroxyl groups is 1. The lowest BCUT2D eigenvalue weighted by molar-refractivity contribution is -0.117. The Bertz CT molecular complexity index is 453. The number of rotatable bonds is 6. The van der Waals surface area contributed by atoms with Crippen LogP contribution in [0.15, 0.2) is 10.6 Å². The molecule has 7 heteroatoms. The molecule has 0 atom stereocenters. The molecule has 7 nitrogen and oxygen atoms in total. The van der Waals surface area contributed by atoms with Crippen LogP contribution in [0.25, 0.3) is 0 Å². The van der Waals surface area contributed by atoms with E-state index in [0.29, 0.717) is 19.0 Å². The van der Waals surface area contributed by atoms with Crippen molar-refractivity contribution in [2.45, 2.75) is 19.8 Å². The number of aliphatic hydroxyl groups excluding tert-OH is 1. The van der Waals surface area contributed by atoms with Crippen molar-refractivity contribution in [2.75, 3.05) is 51.2 Å². The molecule has 1 amide bonds. The number of carbonyl (C=O) groups excluding carboxylic acids is 1. The highest BCUT2D eigenvalue weighted by Crippen LogP contribution is 2.17. The van der Waals surface area contributed by atoms with Crippen LogP contribution in [0.4, 0.5) is 5.88 Å². The Balaban J connectivity index is 1.74. The Kier molecular flexibility index (Phi) is 5.72. The maximum atomic E-state index is 12.0. The van der Waals surface area contributed by atoms with Crippen molar-refractivity contribution >= 4 is 11.8 Å². The lowest BCUT2D eigenvalue weighted by atomic mass is 10.1. The third-order valence-electron chi connectivity index (χ3n) is 3.63. The minimum atomic E-state index is -0.0861. The fraction of sp³-hybridized carbons (Fsp3) is 0.714. The second kappa shape index (κ2) is 7.53. The first-order valence-corrected chi connectivity index (χ1v) is 7.40. The summed E-state index contributed by atoms with van der Waals surface area (Å²) < 4.78 is 5.10. The zero-order valence-electron chi connectivity index (χ0n) is 12.7. The molecule has 0 spiro atoms. The molecule has 0 bridgehead atoms. The number of hydrogen-bond donors (Lipinski definition) is 2. The van der Waals surface area contributed by atoms with E-state index in [-0.39, 0.29) is 18.4 Å². The molecule has 1 aliphatic rings. The number of hydrogen-bond acceptors (Lipinski definition) is 6. The predicted octanol–water partition coefficient (Wildman–Crippen LogP) is 0.346. The van der Waals surface area contributed by atoms with Gasteiger partial charge in [-0.05, 0) is 5.92 Å². The fourth-order valence-corrected chi connectivity index (χ4v) is 2.31. The molecule has 1 aliphatic heterocycles. The minimum absolute atomic E-state index is 0.0861. The Morgan fingerprint density at radius 3 is 2.62 bits per heavy atom. The van der Waals surface area contributed by atoms with Crippen molar-refractivity contribution in [3.63, 3.8) is 0 Å². The van der Waals surface area contributed by atoms with Crippen LogP contribution in [0.1, 0.15) is 25.5 Å². The lowest BCUT2D eigenvalue weighted by Gasteiger charge is -2.33. The molecule has 2 heterocycles. The summed E-state index contributed by atoms with van der Waals surface area (Å²) in [7, 11) is 0. The number of piperazine rings is 1. The van der Waals surface area contributed by atoms with Gasteiger partial charge >= 0.3 is 0 Å². The monoisotopic (exact) mass is 296 g/mol. The van der Waals surface area contributed by atoms with Crippen LogP contribution < -0.4 is 5.32 Å². The number of nitrogens with one attached hydrogen (secondary N) is 1. The van der Waals surface area contributed by atoms with Gasteiger partial charge in [-0.2, -0.15) is 0 Å². The second-order valence-corrected chi connectivity index (χ2v) is 5.66. The molecular formula is C14H24N4O3. The predicted molar refractivity (Wildman–Crippen MR) is 79.2 cm³/mol. The third-order valence-corrected chi connectivity index (χ3v) is 3.63. The van der Waals surface area contributed by atoms with Crippen LogP contribution >= 0.6 is 0 Å². The molecule has 0 aliphatic carbocycles. The summed E-state index contributed by atoms with van der Waals surface area (Å²) in [5, 5.41) is 15.5. The van der Waals surface area contributed by atoms with E-state index in [1.165, 1.54) is 0 Å². The van der Waals surface area contributed by atoms with Crippen molar-refractivity contribution in [1.29, 1.82) is 0 Å². The van der Waals surface area contributed by atoms with Gasteiger partial charge in [-0.15, -0.1) is 0 Å². The third kappa shape index (κ3) is 4.80. The summed E-state index contributed by atoms with van der Waals surface area (Å²) in [6, 6.07) is 1.77. The summed E-state index contributed by atoms with van der Waals surface area (Å²) in [5.74, 6) is 0.596. The van der Waals surface area contributed by atoms with E-state index in [9.17, 15) is 4.79 Å². The van der Waals surface area contributed by atoms with Crippen LogP contribution in [0.3, 0.4) is 0 Å². The lowest BCUT2D eigenvalue weighted by Crippen LogP contribution is -2.49. The first-order valence-electron chi connectivity index (χ1n) is 7.40. The molecule has 1 fully saturated rings. The SMILES string of the molecule is CC(C)c1cc(NC(=O)CN2CCN(CCO)CC2)on1. The highest BCUT2D eigenvalue weighted by molar-refractivity contribution is 5.90. The zero-order chi connectivity index (χ0) is 15.2. The molecule has 1 aromatic heterocycles. The van der Waals surface area contributed by atoms with Gasteiger partial charge in [0.05, 0.1) is 18.8 Å². The van der Waals surface area contributed by atoms with Gasteiger partial charge in [-0.3, -0.25) is 19.9 Å². The van der Waals surface area contributed by atoms with Gasteiger partial charge in [-0.25, -0.2) is 0 Å². The number of anilines is 1. The van der Waals surface area contributed by atoms with Gasteiger partial charge in [0.25, 0.3) is 0 Å². The summed E-state index contributed by atoms with van der Waals surface area (Å²) in [5.41, 5.74) is 0.836. The number of carbonyl (C=O) groups is 1. The molecule has 21 heavy (non-hydrogen) atoms. The molecular weight excluding hydrogens is 272 g/mol. The molecule has 2 rings (SSSR count). The summed E-state index contributed by atoms with van der Waals surface area (Å²) in [6.45, 7) is 8.72. The van der Waals surface area contributed by atoms with Gasteiger partial charge in [0.15, 0.2) is 0 Å². The van der Waals surface area contributed by atoms with Crippen molar-refractivity contribution in [1.82, 2.24) is 15.0 Å². The second-order valence-electron chi connectivity index (χ2n) is 5.66. The number of β-amino-alcohol motifs (C(OH)–C–C–N with tert-alkyl or cyclic N) is 1. The van der Waals surface area contributed by atoms with Gasteiger partial charge in [0.1, 0.15) is 0 Å². The molecule has 0 saturated carbocycles. The van der Waals surface area contributed by atoms with Gasteiger partial charge in [0, 0.05) is 38.8 Å². The van der Waals surface area contributed by atoms with Gasteiger partial charge in [-0.1, -0.05) is 19.0 Å². The molecule has 118 valence electrons. The maximum Gasteiger partial charge on any atom is 0.240 e. The number of amides is 1. The van der Waals surface area contributed by atoms with Crippen molar-refractivity contribution in [2.24, 2.45) is 0 Å². The Morgan fingerprint density at radius 2 is 2.05 bits per heavy atom. The average Bonchev–Trinajstić information content (AvgIpc) is 2.90.